The fraction of sp³-hybridized carbons (Fsp3) is 0.800. The van der Waals surface area contributed by atoms with Gasteiger partial charge in [0.25, 0.3) is 0 Å². The summed E-state index contributed by atoms with van der Waals surface area (Å²) < 4.78 is 2.29. The molecule has 0 saturated heterocycles. The standard InChI is InChI=1S/C15H28N4/c1-13-12-19(11-7-10-18(2)3)15(16-13)17-14-8-5-4-6-9-14/h12,14H,4-11H2,1-3H3,(H,16,17). The third-order valence-electron chi connectivity index (χ3n) is 3.84. The molecule has 1 fully saturated rings. The van der Waals surface area contributed by atoms with E-state index in [1.165, 1.54) is 38.5 Å². The molecule has 1 aliphatic rings. The minimum atomic E-state index is 0.628. The zero-order chi connectivity index (χ0) is 13.7. The lowest BCUT2D eigenvalue weighted by atomic mass is 9.96. The summed E-state index contributed by atoms with van der Waals surface area (Å²) in [5, 5.41) is 3.65. The Hall–Kier alpha value is -1.03. The third kappa shape index (κ3) is 4.53. The molecular weight excluding hydrogens is 236 g/mol. The number of anilines is 1. The van der Waals surface area contributed by atoms with E-state index in [-0.39, 0.29) is 0 Å². The van der Waals surface area contributed by atoms with Gasteiger partial charge in [-0.1, -0.05) is 19.3 Å². The summed E-state index contributed by atoms with van der Waals surface area (Å²) in [4.78, 5) is 6.87. The maximum atomic E-state index is 4.64. The zero-order valence-corrected chi connectivity index (χ0v) is 12.7. The van der Waals surface area contributed by atoms with E-state index in [9.17, 15) is 0 Å². The monoisotopic (exact) mass is 264 g/mol. The van der Waals surface area contributed by atoms with Crippen molar-refractivity contribution in [2.75, 3.05) is 26.0 Å². The van der Waals surface area contributed by atoms with E-state index < -0.39 is 0 Å². The van der Waals surface area contributed by atoms with Crippen LogP contribution in [0.5, 0.6) is 0 Å². The van der Waals surface area contributed by atoms with E-state index in [4.69, 9.17) is 0 Å². The number of hydrogen-bond donors (Lipinski definition) is 1. The lowest BCUT2D eigenvalue weighted by Crippen LogP contribution is -2.24. The second-order valence-corrected chi connectivity index (χ2v) is 6.04. The fourth-order valence-corrected chi connectivity index (χ4v) is 2.82. The topological polar surface area (TPSA) is 33.1 Å². The van der Waals surface area contributed by atoms with E-state index in [0.29, 0.717) is 6.04 Å². The van der Waals surface area contributed by atoms with Gasteiger partial charge in [-0.25, -0.2) is 4.98 Å². The van der Waals surface area contributed by atoms with Crippen LogP contribution in [0.25, 0.3) is 0 Å². The molecule has 1 N–H and O–H groups in total. The molecule has 0 aromatic carbocycles. The lowest BCUT2D eigenvalue weighted by Gasteiger charge is -2.23. The Kier molecular flexibility index (Phi) is 5.25. The first-order valence-electron chi connectivity index (χ1n) is 7.60. The van der Waals surface area contributed by atoms with Crippen molar-refractivity contribution in [2.24, 2.45) is 0 Å². The second kappa shape index (κ2) is 6.94. The second-order valence-electron chi connectivity index (χ2n) is 6.04. The van der Waals surface area contributed by atoms with Crippen molar-refractivity contribution >= 4 is 5.95 Å². The number of hydrogen-bond acceptors (Lipinski definition) is 3. The first-order chi connectivity index (χ1) is 9.15. The lowest BCUT2D eigenvalue weighted by molar-refractivity contribution is 0.386. The Balaban J connectivity index is 1.91. The molecule has 4 heteroatoms. The molecule has 108 valence electrons. The molecule has 0 unspecified atom stereocenters. The fourth-order valence-electron chi connectivity index (χ4n) is 2.82. The molecule has 0 amide bonds. The molecule has 2 rings (SSSR count). The average Bonchev–Trinajstić information content (AvgIpc) is 2.70. The van der Waals surface area contributed by atoms with Gasteiger partial charge in [-0.2, -0.15) is 0 Å². The summed E-state index contributed by atoms with van der Waals surface area (Å²) in [5.74, 6) is 1.07. The van der Waals surface area contributed by atoms with Crippen LogP contribution in [-0.2, 0) is 6.54 Å². The third-order valence-corrected chi connectivity index (χ3v) is 3.84. The number of nitrogens with one attached hydrogen (secondary N) is 1. The summed E-state index contributed by atoms with van der Waals surface area (Å²) in [6.45, 7) is 4.25. The summed E-state index contributed by atoms with van der Waals surface area (Å²) in [7, 11) is 4.25. The van der Waals surface area contributed by atoms with E-state index in [2.05, 4.69) is 47.0 Å². The molecule has 0 radical (unpaired) electrons. The van der Waals surface area contributed by atoms with Crippen molar-refractivity contribution < 1.29 is 0 Å². The first-order valence-corrected chi connectivity index (χ1v) is 7.60. The van der Waals surface area contributed by atoms with Gasteiger partial charge in [-0.05, 0) is 46.8 Å². The molecule has 1 saturated carbocycles. The van der Waals surface area contributed by atoms with Gasteiger partial charge in [0.1, 0.15) is 0 Å². The van der Waals surface area contributed by atoms with E-state index in [0.717, 1.165) is 24.7 Å². The van der Waals surface area contributed by atoms with Crippen LogP contribution in [0.15, 0.2) is 6.20 Å². The van der Waals surface area contributed by atoms with Crippen LogP contribution in [0.4, 0.5) is 5.95 Å². The average molecular weight is 264 g/mol. The number of aryl methyl sites for hydroxylation is 2. The minimum Gasteiger partial charge on any atom is -0.353 e. The quantitative estimate of drug-likeness (QED) is 0.857. The van der Waals surface area contributed by atoms with Crippen molar-refractivity contribution in [1.29, 1.82) is 0 Å². The van der Waals surface area contributed by atoms with Crippen LogP contribution in [0.2, 0.25) is 0 Å². The smallest absolute Gasteiger partial charge is 0.203 e. The first kappa shape index (κ1) is 14.4. The van der Waals surface area contributed by atoms with E-state index in [1.54, 1.807) is 0 Å². The number of rotatable bonds is 6. The van der Waals surface area contributed by atoms with Crippen molar-refractivity contribution in [2.45, 2.75) is 58.0 Å². The highest BCUT2D eigenvalue weighted by Gasteiger charge is 2.15. The maximum absolute atomic E-state index is 4.64. The van der Waals surface area contributed by atoms with E-state index in [1.807, 2.05) is 0 Å². The number of imidazole rings is 1. The highest BCUT2D eigenvalue weighted by atomic mass is 15.2. The molecule has 4 nitrogen and oxygen atoms in total. The molecule has 0 aliphatic heterocycles. The van der Waals surface area contributed by atoms with E-state index >= 15 is 0 Å². The highest BCUT2D eigenvalue weighted by molar-refractivity contribution is 5.30. The van der Waals surface area contributed by atoms with Gasteiger partial charge in [0.2, 0.25) is 5.95 Å². The SMILES string of the molecule is Cc1cn(CCCN(C)C)c(NC2CCCCC2)n1. The molecule has 1 aromatic rings. The van der Waals surface area contributed by atoms with Crippen LogP contribution >= 0.6 is 0 Å². The Morgan fingerprint density at radius 2 is 2.05 bits per heavy atom. The van der Waals surface area contributed by atoms with Gasteiger partial charge in [0.05, 0.1) is 5.69 Å². The largest absolute Gasteiger partial charge is 0.353 e. The predicted octanol–water partition coefficient (Wildman–Crippen LogP) is 2.89. The Bertz CT molecular complexity index is 377. The van der Waals surface area contributed by atoms with Crippen LogP contribution in [0, 0.1) is 6.92 Å². The molecule has 0 spiro atoms. The molecule has 1 aliphatic carbocycles. The van der Waals surface area contributed by atoms with Crippen molar-refractivity contribution in [3.8, 4) is 0 Å². The van der Waals surface area contributed by atoms with Gasteiger partial charge in [0, 0.05) is 18.8 Å². The van der Waals surface area contributed by atoms with Crippen LogP contribution < -0.4 is 5.32 Å². The molecule has 0 atom stereocenters. The Morgan fingerprint density at radius 1 is 1.32 bits per heavy atom. The summed E-state index contributed by atoms with van der Waals surface area (Å²) in [6, 6.07) is 0.628. The highest BCUT2D eigenvalue weighted by Crippen LogP contribution is 2.21. The Labute approximate surface area is 117 Å². The number of aromatic nitrogens is 2. The van der Waals surface area contributed by atoms with Gasteiger partial charge in [-0.15, -0.1) is 0 Å². The van der Waals surface area contributed by atoms with Gasteiger partial charge >= 0.3 is 0 Å². The van der Waals surface area contributed by atoms with Crippen molar-refractivity contribution in [3.05, 3.63) is 11.9 Å². The Morgan fingerprint density at radius 3 is 2.74 bits per heavy atom. The molecule has 1 aromatic heterocycles. The van der Waals surface area contributed by atoms with Gasteiger partial charge < -0.3 is 14.8 Å². The molecular formula is C15H28N4. The van der Waals surface area contributed by atoms with Gasteiger partial charge in [0.15, 0.2) is 0 Å². The van der Waals surface area contributed by atoms with Crippen LogP contribution in [0.1, 0.15) is 44.2 Å². The minimum absolute atomic E-state index is 0.628. The summed E-state index contributed by atoms with van der Waals surface area (Å²) in [6.07, 6.45) is 10.0. The molecule has 0 bridgehead atoms. The normalized spacial score (nSPS) is 17.1. The van der Waals surface area contributed by atoms with Gasteiger partial charge in [-0.3, -0.25) is 0 Å². The summed E-state index contributed by atoms with van der Waals surface area (Å²) in [5.41, 5.74) is 1.11. The number of nitrogens with zero attached hydrogens (tertiary/aromatic N) is 3. The van der Waals surface area contributed by atoms with Crippen molar-refractivity contribution in [3.63, 3.8) is 0 Å². The van der Waals surface area contributed by atoms with Crippen molar-refractivity contribution in [1.82, 2.24) is 14.5 Å². The maximum Gasteiger partial charge on any atom is 0.203 e. The summed E-state index contributed by atoms with van der Waals surface area (Å²) >= 11 is 0. The molecule has 1 heterocycles. The molecule has 19 heavy (non-hydrogen) atoms. The zero-order valence-electron chi connectivity index (χ0n) is 12.7. The predicted molar refractivity (Wildman–Crippen MR) is 80.6 cm³/mol. The van der Waals surface area contributed by atoms with Crippen LogP contribution in [-0.4, -0.2) is 41.1 Å². The van der Waals surface area contributed by atoms with Crippen LogP contribution in [0.3, 0.4) is 0 Å².